The molecular formula is C3H5FO3. The molecule has 0 rings (SSSR count). The summed E-state index contributed by atoms with van der Waals surface area (Å²) in [5.41, 5.74) is 0. The first-order valence-electron chi connectivity index (χ1n) is 1.76. The third-order valence-corrected chi connectivity index (χ3v) is 0.325. The van der Waals surface area contributed by atoms with Gasteiger partial charge in [-0.25, -0.2) is 9.74 Å². The van der Waals surface area contributed by atoms with Gasteiger partial charge < -0.3 is 4.74 Å². The van der Waals surface area contributed by atoms with Crippen LogP contribution in [0.25, 0.3) is 0 Å². The maximum atomic E-state index is 10.6. The van der Waals surface area contributed by atoms with Crippen molar-refractivity contribution >= 4 is 6.16 Å². The van der Waals surface area contributed by atoms with Crippen molar-refractivity contribution in [1.29, 1.82) is 0 Å². The van der Waals surface area contributed by atoms with Gasteiger partial charge >= 0.3 is 6.16 Å². The van der Waals surface area contributed by atoms with Crippen molar-refractivity contribution < 1.29 is 19.0 Å². The minimum atomic E-state index is -1.29. The molecule has 0 fully saturated rings. The Hall–Kier alpha value is -0.800. The van der Waals surface area contributed by atoms with Crippen molar-refractivity contribution in [1.82, 2.24) is 0 Å². The van der Waals surface area contributed by atoms with Gasteiger partial charge in [0.15, 0.2) is 0 Å². The van der Waals surface area contributed by atoms with Gasteiger partial charge in [-0.3, -0.25) is 0 Å². The van der Waals surface area contributed by atoms with Crippen LogP contribution in [0.2, 0.25) is 0 Å². The van der Waals surface area contributed by atoms with E-state index in [1.54, 1.807) is 6.92 Å². The van der Waals surface area contributed by atoms with Crippen molar-refractivity contribution in [3.63, 3.8) is 0 Å². The molecular weight excluding hydrogens is 103 g/mol. The van der Waals surface area contributed by atoms with E-state index in [9.17, 15) is 9.32 Å². The average Bonchev–Trinajstić information content (AvgIpc) is 1.68. The van der Waals surface area contributed by atoms with Crippen molar-refractivity contribution in [2.75, 3.05) is 6.61 Å². The highest BCUT2D eigenvalue weighted by Crippen LogP contribution is 1.82. The number of rotatable bonds is 1. The van der Waals surface area contributed by atoms with E-state index in [1.807, 2.05) is 0 Å². The summed E-state index contributed by atoms with van der Waals surface area (Å²) in [6.45, 7) is 1.68. The lowest BCUT2D eigenvalue weighted by atomic mass is 10.9. The third kappa shape index (κ3) is 3.02. The molecule has 0 amide bonds. The van der Waals surface area contributed by atoms with Gasteiger partial charge in [-0.2, -0.15) is 0 Å². The summed E-state index contributed by atoms with van der Waals surface area (Å²) in [4.78, 5) is 12.2. The molecule has 0 unspecified atom stereocenters. The maximum absolute atomic E-state index is 10.6. The maximum Gasteiger partial charge on any atom is 0.544 e. The Morgan fingerprint density at radius 1 is 1.86 bits per heavy atom. The highest BCUT2D eigenvalue weighted by Gasteiger charge is 1.97. The molecule has 0 aromatic heterocycles. The summed E-state index contributed by atoms with van der Waals surface area (Å²) in [6, 6.07) is 0. The lowest BCUT2D eigenvalue weighted by Crippen LogP contribution is -1.99. The van der Waals surface area contributed by atoms with E-state index in [0.717, 1.165) is 0 Å². The topological polar surface area (TPSA) is 35.5 Å². The van der Waals surface area contributed by atoms with Crippen LogP contribution < -0.4 is 0 Å². The van der Waals surface area contributed by atoms with Gasteiger partial charge in [-0.05, 0) is 6.92 Å². The van der Waals surface area contributed by atoms with Gasteiger partial charge in [0.05, 0.1) is 6.61 Å². The monoisotopic (exact) mass is 108 g/mol. The first-order chi connectivity index (χ1) is 3.31. The molecule has 0 bridgehead atoms. The van der Waals surface area contributed by atoms with Crippen LogP contribution in [0.3, 0.4) is 0 Å². The molecule has 42 valence electrons. The Morgan fingerprint density at radius 2 is 2.43 bits per heavy atom. The summed E-state index contributed by atoms with van der Waals surface area (Å²) in [7, 11) is 0. The molecule has 0 saturated heterocycles. The number of hydrogen-bond donors (Lipinski definition) is 0. The standard InChI is InChI=1S/C3H5FO3/c1-2-6-3(5)7-4/h2H2,1H3. The first kappa shape index (κ1) is 6.20. The van der Waals surface area contributed by atoms with Gasteiger partial charge in [0, 0.05) is 4.53 Å². The van der Waals surface area contributed by atoms with Crippen molar-refractivity contribution in [3.05, 3.63) is 0 Å². The number of carbonyl (C=O) groups excluding carboxylic acids is 1. The number of ether oxygens (including phenoxy) is 1. The van der Waals surface area contributed by atoms with Gasteiger partial charge in [0.25, 0.3) is 0 Å². The van der Waals surface area contributed by atoms with Gasteiger partial charge in [-0.15, -0.1) is 0 Å². The van der Waals surface area contributed by atoms with E-state index < -0.39 is 6.16 Å². The van der Waals surface area contributed by atoms with Crippen LogP contribution in [-0.4, -0.2) is 12.8 Å². The van der Waals surface area contributed by atoms with Gasteiger partial charge in [-0.1, -0.05) is 0 Å². The molecule has 7 heavy (non-hydrogen) atoms. The molecule has 3 nitrogen and oxygen atoms in total. The predicted octanol–water partition coefficient (Wildman–Crippen LogP) is 1.04. The highest BCUT2D eigenvalue weighted by atomic mass is 19.3. The first-order valence-corrected chi connectivity index (χ1v) is 1.76. The van der Waals surface area contributed by atoms with Gasteiger partial charge in [0.2, 0.25) is 0 Å². The van der Waals surface area contributed by atoms with E-state index in [2.05, 4.69) is 9.68 Å². The lowest BCUT2D eigenvalue weighted by molar-refractivity contribution is -0.0993. The largest absolute Gasteiger partial charge is 0.544 e. The molecule has 0 spiro atoms. The molecule has 0 aliphatic carbocycles. The van der Waals surface area contributed by atoms with Crippen LogP contribution in [0.15, 0.2) is 0 Å². The molecule has 0 atom stereocenters. The molecule has 0 aliphatic heterocycles. The predicted molar refractivity (Wildman–Crippen MR) is 19.2 cm³/mol. The van der Waals surface area contributed by atoms with Crippen LogP contribution in [-0.2, 0) is 9.68 Å². The van der Waals surface area contributed by atoms with E-state index in [-0.39, 0.29) is 6.61 Å². The molecule has 0 radical (unpaired) electrons. The lowest BCUT2D eigenvalue weighted by Gasteiger charge is -1.90. The van der Waals surface area contributed by atoms with Crippen LogP contribution in [0, 0.1) is 0 Å². The Labute approximate surface area is 39.9 Å². The number of hydrogen-bond acceptors (Lipinski definition) is 3. The second-order valence-electron chi connectivity index (χ2n) is 0.760. The summed E-state index contributed by atoms with van der Waals surface area (Å²) in [6.07, 6.45) is -1.29. The minimum Gasteiger partial charge on any atom is -0.432 e. The van der Waals surface area contributed by atoms with E-state index in [0.29, 0.717) is 0 Å². The van der Waals surface area contributed by atoms with E-state index in [1.165, 1.54) is 0 Å². The molecule has 4 heteroatoms. The zero-order chi connectivity index (χ0) is 5.70. The third-order valence-electron chi connectivity index (χ3n) is 0.325. The van der Waals surface area contributed by atoms with Crippen LogP contribution in [0.1, 0.15) is 6.92 Å². The zero-order valence-corrected chi connectivity index (χ0v) is 3.81. The SMILES string of the molecule is CCOC(=O)OF. The van der Waals surface area contributed by atoms with Crippen molar-refractivity contribution in [3.8, 4) is 0 Å². The fourth-order valence-corrected chi connectivity index (χ4v) is 0.140. The quantitative estimate of drug-likeness (QED) is 0.471. The highest BCUT2D eigenvalue weighted by molar-refractivity contribution is 5.58. The molecule has 0 aliphatic rings. The normalized spacial score (nSPS) is 7.71. The smallest absolute Gasteiger partial charge is 0.432 e. The summed E-state index contributed by atoms with van der Waals surface area (Å²) in [5, 5.41) is 0. The van der Waals surface area contributed by atoms with Crippen molar-refractivity contribution in [2.24, 2.45) is 0 Å². The Bertz CT molecular complexity index is 63.2. The second kappa shape index (κ2) is 3.39. The number of carbonyl (C=O) groups is 1. The summed E-state index contributed by atoms with van der Waals surface area (Å²) in [5.74, 6) is 0. The summed E-state index contributed by atoms with van der Waals surface area (Å²) < 4.78 is 14.6. The summed E-state index contributed by atoms with van der Waals surface area (Å²) >= 11 is 0. The van der Waals surface area contributed by atoms with E-state index in [4.69, 9.17) is 0 Å². The molecule has 0 saturated carbocycles. The second-order valence-corrected chi connectivity index (χ2v) is 0.760. The fraction of sp³-hybridized carbons (Fsp3) is 0.667. The van der Waals surface area contributed by atoms with Crippen molar-refractivity contribution in [2.45, 2.75) is 6.92 Å². The van der Waals surface area contributed by atoms with Gasteiger partial charge in [0.1, 0.15) is 0 Å². The zero-order valence-electron chi connectivity index (χ0n) is 3.81. The Kier molecular flexibility index (Phi) is 3.00. The average molecular weight is 108 g/mol. The fourth-order valence-electron chi connectivity index (χ4n) is 0.140. The molecule has 0 aromatic carbocycles. The Balaban J connectivity index is 3.00. The van der Waals surface area contributed by atoms with Crippen LogP contribution >= 0.6 is 0 Å². The minimum absolute atomic E-state index is 0.128. The van der Waals surface area contributed by atoms with Crippen LogP contribution in [0.5, 0.6) is 0 Å². The Morgan fingerprint density at radius 3 is 2.57 bits per heavy atom. The molecule has 0 heterocycles. The van der Waals surface area contributed by atoms with E-state index >= 15 is 0 Å². The number of halogens is 1. The molecule has 0 aromatic rings. The molecule has 0 N–H and O–H groups in total. The van der Waals surface area contributed by atoms with Crippen LogP contribution in [0.4, 0.5) is 9.32 Å².